The lowest BCUT2D eigenvalue weighted by atomic mass is 9.80. The van der Waals surface area contributed by atoms with Gasteiger partial charge in [0.2, 0.25) is 0 Å². The summed E-state index contributed by atoms with van der Waals surface area (Å²) in [6.07, 6.45) is 16.5. The molecular formula is C33H54O4S. The molecular weight excluding hydrogens is 492 g/mol. The minimum absolute atomic E-state index is 0.0626. The summed E-state index contributed by atoms with van der Waals surface area (Å²) in [4.78, 5) is 24.5. The van der Waals surface area contributed by atoms with E-state index in [-0.39, 0.29) is 17.3 Å². The van der Waals surface area contributed by atoms with Crippen LogP contribution in [0.1, 0.15) is 129 Å². The third kappa shape index (κ3) is 12.2. The molecule has 3 unspecified atom stereocenters. The van der Waals surface area contributed by atoms with Crippen LogP contribution in [0.2, 0.25) is 0 Å². The van der Waals surface area contributed by atoms with Crippen LogP contribution < -0.4 is 0 Å². The third-order valence-corrected chi connectivity index (χ3v) is 9.76. The molecule has 3 atom stereocenters. The number of carbonyl (C=O) groups excluding carboxylic acids is 2. The van der Waals surface area contributed by atoms with Gasteiger partial charge in [-0.1, -0.05) is 115 Å². The van der Waals surface area contributed by atoms with E-state index in [2.05, 4.69) is 32.9 Å². The monoisotopic (exact) mass is 546 g/mol. The van der Waals surface area contributed by atoms with E-state index in [0.717, 1.165) is 56.9 Å². The van der Waals surface area contributed by atoms with Gasteiger partial charge in [0.25, 0.3) is 0 Å². The van der Waals surface area contributed by atoms with Crippen LogP contribution in [0.25, 0.3) is 0 Å². The van der Waals surface area contributed by atoms with E-state index in [1.807, 2.05) is 18.2 Å². The predicted octanol–water partition coefficient (Wildman–Crippen LogP) is 8.43. The van der Waals surface area contributed by atoms with Crippen molar-refractivity contribution in [1.29, 1.82) is 0 Å². The average Bonchev–Trinajstić information content (AvgIpc) is 3.27. The summed E-state index contributed by atoms with van der Waals surface area (Å²) in [5.41, 5.74) is 0.825. The molecule has 1 saturated carbocycles. The number of Topliss-reactive ketones (excluding diaryl/α,β-unsaturated/α-hetero) is 1. The summed E-state index contributed by atoms with van der Waals surface area (Å²) < 4.78 is 5.39. The number of hydrogen-bond acceptors (Lipinski definition) is 5. The first-order valence-corrected chi connectivity index (χ1v) is 16.4. The molecule has 0 heterocycles. The second kappa shape index (κ2) is 18.9. The minimum atomic E-state index is -0.457. The highest BCUT2D eigenvalue weighted by atomic mass is 32.2. The highest BCUT2D eigenvalue weighted by molar-refractivity contribution is 8.00. The van der Waals surface area contributed by atoms with Crippen molar-refractivity contribution in [2.45, 2.75) is 140 Å². The van der Waals surface area contributed by atoms with Crippen LogP contribution in [0.3, 0.4) is 0 Å². The molecule has 0 aliphatic heterocycles. The zero-order valence-electron chi connectivity index (χ0n) is 24.4. The van der Waals surface area contributed by atoms with Gasteiger partial charge in [0.05, 0.1) is 12.7 Å². The van der Waals surface area contributed by atoms with Gasteiger partial charge < -0.3 is 9.84 Å². The molecule has 2 rings (SSSR count). The van der Waals surface area contributed by atoms with Gasteiger partial charge in [-0.05, 0) is 31.2 Å². The number of thioether (sulfide) groups is 1. The molecule has 0 bridgehead atoms. The van der Waals surface area contributed by atoms with E-state index >= 15 is 0 Å². The average molecular weight is 547 g/mol. The quantitative estimate of drug-likeness (QED) is 0.124. The van der Waals surface area contributed by atoms with Crippen LogP contribution in [0.15, 0.2) is 30.3 Å². The van der Waals surface area contributed by atoms with Crippen molar-refractivity contribution >= 4 is 23.5 Å². The summed E-state index contributed by atoms with van der Waals surface area (Å²) in [5.74, 6) is 1.09. The van der Waals surface area contributed by atoms with E-state index in [9.17, 15) is 14.7 Å². The smallest absolute Gasteiger partial charge is 0.305 e. The molecule has 5 heteroatoms. The molecule has 1 fully saturated rings. The fraction of sp³-hybridized carbons (Fsp3) is 0.758. The van der Waals surface area contributed by atoms with Gasteiger partial charge in [0.1, 0.15) is 5.78 Å². The molecule has 0 aromatic heterocycles. The zero-order chi connectivity index (χ0) is 27.6. The highest BCUT2D eigenvalue weighted by Gasteiger charge is 2.36. The zero-order valence-corrected chi connectivity index (χ0v) is 25.2. The molecule has 1 aromatic rings. The number of ether oxygens (including phenoxy) is 1. The molecule has 216 valence electrons. The third-order valence-electron chi connectivity index (χ3n) is 8.26. The Labute approximate surface area is 237 Å². The number of aliphatic hydroxyl groups excluding tert-OH is 1. The van der Waals surface area contributed by atoms with Crippen LogP contribution >= 0.6 is 11.8 Å². The molecule has 0 spiro atoms. The maximum Gasteiger partial charge on any atom is 0.305 e. The fourth-order valence-electron chi connectivity index (χ4n) is 5.39. The van der Waals surface area contributed by atoms with Crippen LogP contribution in [-0.2, 0) is 19.7 Å². The van der Waals surface area contributed by atoms with E-state index in [4.69, 9.17) is 4.74 Å². The normalized spacial score (nSPS) is 18.6. The number of unbranched alkanes of at least 4 members (excludes halogenated alkanes) is 10. The minimum Gasteiger partial charge on any atom is -0.466 e. The van der Waals surface area contributed by atoms with Crippen LogP contribution in [0.4, 0.5) is 0 Å². The first kappa shape index (κ1) is 32.9. The van der Waals surface area contributed by atoms with Crippen molar-refractivity contribution in [3.63, 3.8) is 0 Å². The molecule has 4 nitrogen and oxygen atoms in total. The first-order valence-electron chi connectivity index (χ1n) is 15.4. The van der Waals surface area contributed by atoms with E-state index < -0.39 is 6.10 Å². The van der Waals surface area contributed by atoms with Crippen LogP contribution in [0, 0.1) is 5.92 Å². The lowest BCUT2D eigenvalue weighted by Crippen LogP contribution is -2.36. The fourth-order valence-corrected chi connectivity index (χ4v) is 7.04. The summed E-state index contributed by atoms with van der Waals surface area (Å²) in [7, 11) is 0. The Bertz CT molecular complexity index is 778. The number of esters is 1. The van der Waals surface area contributed by atoms with Gasteiger partial charge in [-0.25, -0.2) is 0 Å². The van der Waals surface area contributed by atoms with Crippen molar-refractivity contribution in [3.05, 3.63) is 35.9 Å². The summed E-state index contributed by atoms with van der Waals surface area (Å²) in [5, 5.41) is 11.3. The maximum atomic E-state index is 12.5. The Balaban J connectivity index is 1.53. The number of benzene rings is 1. The Morgan fingerprint density at radius 3 is 2.32 bits per heavy atom. The molecule has 1 aliphatic rings. The second-order valence-electron chi connectivity index (χ2n) is 11.7. The number of rotatable bonds is 21. The van der Waals surface area contributed by atoms with E-state index in [1.54, 1.807) is 11.8 Å². The second-order valence-corrected chi connectivity index (χ2v) is 13.0. The van der Waals surface area contributed by atoms with Crippen molar-refractivity contribution in [2.75, 3.05) is 12.4 Å². The Hall–Kier alpha value is -1.33. The van der Waals surface area contributed by atoms with E-state index in [1.165, 1.54) is 38.5 Å². The highest BCUT2D eigenvalue weighted by Crippen LogP contribution is 2.38. The van der Waals surface area contributed by atoms with Gasteiger partial charge in [0.15, 0.2) is 0 Å². The van der Waals surface area contributed by atoms with Crippen LogP contribution in [0.5, 0.6) is 0 Å². The van der Waals surface area contributed by atoms with Gasteiger partial charge in [-0.3, -0.25) is 9.59 Å². The van der Waals surface area contributed by atoms with Gasteiger partial charge in [-0.15, -0.1) is 0 Å². The largest absolute Gasteiger partial charge is 0.466 e. The number of ketones is 1. The molecule has 38 heavy (non-hydrogen) atoms. The Morgan fingerprint density at radius 1 is 0.974 bits per heavy atom. The SMILES string of the molecule is CCCCCCCCCCOC(=O)CCCCCCC1C(=O)CCC1SCC(O)C(C)(C)c1ccccc1. The van der Waals surface area contributed by atoms with Gasteiger partial charge in [-0.2, -0.15) is 11.8 Å². The van der Waals surface area contributed by atoms with Crippen molar-refractivity contribution in [3.8, 4) is 0 Å². The molecule has 0 saturated heterocycles. The number of hydrogen-bond donors (Lipinski definition) is 1. The lowest BCUT2D eigenvalue weighted by molar-refractivity contribution is -0.143. The standard InChI is InChI=1S/C33H54O4S/c1-4-5-6-7-8-9-12-18-25-37-32(36)22-17-11-10-16-21-28-29(34)23-24-30(28)38-26-31(35)33(2,3)27-19-14-13-15-20-27/h13-15,19-20,28,30-31,35H,4-12,16-18,21-26H2,1-3H3. The van der Waals surface area contributed by atoms with Gasteiger partial charge >= 0.3 is 5.97 Å². The molecule has 0 radical (unpaired) electrons. The predicted molar refractivity (Wildman–Crippen MR) is 161 cm³/mol. The summed E-state index contributed by atoms with van der Waals surface area (Å²) in [6, 6.07) is 10.2. The molecule has 1 aliphatic carbocycles. The molecule has 0 amide bonds. The number of carbonyl (C=O) groups is 2. The van der Waals surface area contributed by atoms with Crippen molar-refractivity contribution in [1.82, 2.24) is 0 Å². The van der Waals surface area contributed by atoms with Crippen molar-refractivity contribution < 1.29 is 19.4 Å². The van der Waals surface area contributed by atoms with Gasteiger partial charge in [0, 0.05) is 35.2 Å². The van der Waals surface area contributed by atoms with Crippen LogP contribution in [-0.4, -0.2) is 40.6 Å². The molecule has 1 N–H and O–H groups in total. The Morgan fingerprint density at radius 2 is 1.61 bits per heavy atom. The topological polar surface area (TPSA) is 63.6 Å². The summed E-state index contributed by atoms with van der Waals surface area (Å²) >= 11 is 1.78. The Kier molecular flexibility index (Phi) is 16.3. The lowest BCUT2D eigenvalue weighted by Gasteiger charge is -2.32. The van der Waals surface area contributed by atoms with E-state index in [0.29, 0.717) is 36.2 Å². The number of aliphatic hydroxyl groups is 1. The first-order chi connectivity index (χ1) is 18.4. The summed E-state index contributed by atoms with van der Waals surface area (Å²) in [6.45, 7) is 6.99. The van der Waals surface area contributed by atoms with Crippen molar-refractivity contribution in [2.24, 2.45) is 5.92 Å². The maximum absolute atomic E-state index is 12.5. The molecule has 1 aromatic carbocycles.